The van der Waals surface area contributed by atoms with Gasteiger partial charge in [-0.1, -0.05) is 6.07 Å². The molecule has 1 aliphatic rings. The standard InChI is InChI=1S/C26H28F2N8O5/c1-12-9-15(7-8-36(12)26(38)39)33-21-19(27)23(40-16-4-2-3-14(11-16)34-25(31)32)35-24(20(21)28)41-18-10-13(22(29)30)5-6-17(18)37/h2-6,10-12,15,37H,7-9H2,1H3,(H3,29,30)(H,33,35)(H,38,39)(H4,31,32,34). The first-order valence-corrected chi connectivity index (χ1v) is 12.3. The number of carboxylic acid groups (broad SMARTS) is 1. The maximum absolute atomic E-state index is 15.7. The number of nitrogens with two attached hydrogens (primary N) is 3. The van der Waals surface area contributed by atoms with E-state index in [4.69, 9.17) is 32.1 Å². The van der Waals surface area contributed by atoms with Gasteiger partial charge in [0.2, 0.25) is 11.6 Å². The Kier molecular flexibility index (Phi) is 8.26. The molecule has 1 aliphatic heterocycles. The molecule has 0 bridgehead atoms. The van der Waals surface area contributed by atoms with Gasteiger partial charge < -0.3 is 47.1 Å². The number of aromatic nitrogens is 1. The van der Waals surface area contributed by atoms with Gasteiger partial charge in [-0.25, -0.2) is 9.79 Å². The molecule has 10 N–H and O–H groups in total. The van der Waals surface area contributed by atoms with E-state index in [1.54, 1.807) is 13.0 Å². The number of aliphatic imine (C=N–C) groups is 1. The normalized spacial score (nSPS) is 16.5. The molecule has 4 rings (SSSR count). The molecule has 2 atom stereocenters. The topological polar surface area (TPSA) is 218 Å². The highest BCUT2D eigenvalue weighted by Gasteiger charge is 2.31. The van der Waals surface area contributed by atoms with Crippen molar-refractivity contribution in [1.82, 2.24) is 9.88 Å². The highest BCUT2D eigenvalue weighted by atomic mass is 19.1. The predicted molar refractivity (Wildman–Crippen MR) is 146 cm³/mol. The van der Waals surface area contributed by atoms with Gasteiger partial charge in [-0.05, 0) is 50.1 Å². The summed E-state index contributed by atoms with van der Waals surface area (Å²) in [5, 5.41) is 30.0. The van der Waals surface area contributed by atoms with Gasteiger partial charge in [0.05, 0.1) is 5.69 Å². The summed E-state index contributed by atoms with van der Waals surface area (Å²) < 4.78 is 42.6. The first kappa shape index (κ1) is 28.7. The van der Waals surface area contributed by atoms with E-state index < -0.39 is 53.0 Å². The number of ether oxygens (including phenoxy) is 2. The van der Waals surface area contributed by atoms with E-state index in [-0.39, 0.29) is 48.2 Å². The zero-order valence-electron chi connectivity index (χ0n) is 21.8. The molecule has 0 saturated carbocycles. The number of piperidine rings is 1. The minimum Gasteiger partial charge on any atom is -0.504 e. The van der Waals surface area contributed by atoms with Crippen LogP contribution in [0.3, 0.4) is 0 Å². The summed E-state index contributed by atoms with van der Waals surface area (Å²) in [6.45, 7) is 1.84. The molecule has 2 aromatic carbocycles. The number of hydrogen-bond donors (Lipinski definition) is 7. The fourth-order valence-electron chi connectivity index (χ4n) is 4.30. The second-order valence-corrected chi connectivity index (χ2v) is 9.25. The lowest BCUT2D eigenvalue weighted by atomic mass is 9.98. The Morgan fingerprint density at radius 3 is 2.49 bits per heavy atom. The van der Waals surface area contributed by atoms with E-state index in [1.807, 2.05) is 0 Å². The van der Waals surface area contributed by atoms with Gasteiger partial charge >= 0.3 is 6.09 Å². The van der Waals surface area contributed by atoms with Crippen molar-refractivity contribution in [2.75, 3.05) is 11.9 Å². The molecule has 3 aromatic rings. The molecule has 15 heteroatoms. The summed E-state index contributed by atoms with van der Waals surface area (Å²) in [4.78, 5) is 20.5. The number of nitrogens with one attached hydrogen (secondary N) is 2. The number of phenolic OH excluding ortho intramolecular Hbond substituents is 1. The molecule has 1 aromatic heterocycles. The summed E-state index contributed by atoms with van der Waals surface area (Å²) in [6.07, 6.45) is -0.548. The van der Waals surface area contributed by atoms with Crippen molar-refractivity contribution in [1.29, 1.82) is 5.41 Å². The number of nitrogens with zero attached hydrogens (tertiary/aromatic N) is 3. The van der Waals surface area contributed by atoms with Crippen molar-refractivity contribution >= 4 is 29.3 Å². The first-order valence-electron chi connectivity index (χ1n) is 12.3. The smallest absolute Gasteiger partial charge is 0.407 e. The number of amides is 1. The number of anilines is 1. The lowest BCUT2D eigenvalue weighted by Gasteiger charge is -2.36. The highest BCUT2D eigenvalue weighted by Crippen LogP contribution is 2.39. The van der Waals surface area contributed by atoms with E-state index in [0.717, 1.165) is 0 Å². The Morgan fingerprint density at radius 1 is 1.15 bits per heavy atom. The lowest BCUT2D eigenvalue weighted by Crippen LogP contribution is -2.47. The van der Waals surface area contributed by atoms with Crippen LogP contribution < -0.4 is 32.0 Å². The average molecular weight is 571 g/mol. The molecular weight excluding hydrogens is 542 g/mol. The molecule has 0 spiro atoms. The first-order chi connectivity index (χ1) is 19.4. The summed E-state index contributed by atoms with van der Waals surface area (Å²) in [5.74, 6) is -5.06. The summed E-state index contributed by atoms with van der Waals surface area (Å²) in [5.41, 5.74) is 16.2. The third-order valence-corrected chi connectivity index (χ3v) is 6.26. The number of likely N-dealkylation sites (tertiary alicyclic amines) is 1. The number of amidine groups is 1. The lowest BCUT2D eigenvalue weighted by molar-refractivity contribution is 0.109. The van der Waals surface area contributed by atoms with Gasteiger partial charge in [-0.2, -0.15) is 13.8 Å². The molecule has 1 saturated heterocycles. The molecular formula is C26H28F2N8O5. The SMILES string of the molecule is CC1CC(Nc2c(F)c(Oc3cccc(N=C(N)N)c3)nc(Oc3cc(C(=N)N)ccc3O)c2F)CCN1C(=O)O. The van der Waals surface area contributed by atoms with Crippen molar-refractivity contribution in [3.63, 3.8) is 0 Å². The highest BCUT2D eigenvalue weighted by molar-refractivity contribution is 5.95. The Bertz CT molecular complexity index is 1520. The van der Waals surface area contributed by atoms with Crippen molar-refractivity contribution in [3.05, 3.63) is 59.7 Å². The van der Waals surface area contributed by atoms with Gasteiger partial charge in [0.1, 0.15) is 17.3 Å². The molecule has 1 fully saturated rings. The van der Waals surface area contributed by atoms with Crippen molar-refractivity contribution in [2.45, 2.75) is 31.8 Å². The molecule has 0 radical (unpaired) electrons. The van der Waals surface area contributed by atoms with E-state index in [0.29, 0.717) is 5.69 Å². The zero-order chi connectivity index (χ0) is 29.8. The fraction of sp³-hybridized carbons (Fsp3) is 0.231. The van der Waals surface area contributed by atoms with Crippen LogP contribution in [0.1, 0.15) is 25.3 Å². The van der Waals surface area contributed by atoms with Crippen LogP contribution in [-0.2, 0) is 0 Å². The number of pyridine rings is 1. The number of nitrogen functional groups attached to an aromatic ring is 1. The van der Waals surface area contributed by atoms with E-state index in [9.17, 15) is 15.0 Å². The Balaban J connectivity index is 1.74. The number of hydrogen-bond acceptors (Lipinski definition) is 8. The van der Waals surface area contributed by atoms with Crippen LogP contribution in [0.15, 0.2) is 47.5 Å². The average Bonchev–Trinajstić information content (AvgIpc) is 2.90. The number of aromatic hydroxyl groups is 1. The second kappa shape index (κ2) is 11.8. The van der Waals surface area contributed by atoms with Crippen LogP contribution in [0.2, 0.25) is 0 Å². The van der Waals surface area contributed by atoms with Crippen LogP contribution in [0.25, 0.3) is 0 Å². The van der Waals surface area contributed by atoms with Gasteiger partial charge in [-0.15, -0.1) is 0 Å². The third-order valence-electron chi connectivity index (χ3n) is 6.26. The minimum absolute atomic E-state index is 0.0622. The molecule has 1 amide bonds. The van der Waals surface area contributed by atoms with Gasteiger partial charge in [-0.3, -0.25) is 5.41 Å². The largest absolute Gasteiger partial charge is 0.504 e. The Morgan fingerprint density at radius 2 is 1.85 bits per heavy atom. The number of benzene rings is 2. The quantitative estimate of drug-likeness (QED) is 0.153. The number of halogens is 2. The third kappa shape index (κ3) is 6.63. The van der Waals surface area contributed by atoms with Crippen LogP contribution in [-0.4, -0.2) is 56.6 Å². The summed E-state index contributed by atoms with van der Waals surface area (Å²) >= 11 is 0. The monoisotopic (exact) mass is 570 g/mol. The van der Waals surface area contributed by atoms with Gasteiger partial charge in [0.25, 0.3) is 11.8 Å². The number of guanidine groups is 1. The predicted octanol–water partition coefficient (Wildman–Crippen LogP) is 3.78. The summed E-state index contributed by atoms with van der Waals surface area (Å²) in [7, 11) is 0. The van der Waals surface area contributed by atoms with Crippen molar-refractivity contribution in [3.8, 4) is 29.0 Å². The Hall–Kier alpha value is -5.34. The van der Waals surface area contributed by atoms with E-state index in [1.165, 1.54) is 41.3 Å². The fourth-order valence-corrected chi connectivity index (χ4v) is 4.30. The molecule has 2 unspecified atom stereocenters. The summed E-state index contributed by atoms with van der Waals surface area (Å²) in [6, 6.07) is 8.79. The maximum atomic E-state index is 15.7. The van der Waals surface area contributed by atoms with E-state index in [2.05, 4.69) is 15.3 Å². The second-order valence-electron chi connectivity index (χ2n) is 9.25. The van der Waals surface area contributed by atoms with Crippen molar-refractivity contribution in [2.24, 2.45) is 22.2 Å². The minimum atomic E-state index is -1.23. The molecule has 13 nitrogen and oxygen atoms in total. The van der Waals surface area contributed by atoms with Gasteiger partial charge in [0, 0.05) is 30.3 Å². The Labute approximate surface area is 232 Å². The van der Waals surface area contributed by atoms with Gasteiger partial charge in [0.15, 0.2) is 17.5 Å². The molecule has 216 valence electrons. The van der Waals surface area contributed by atoms with Crippen LogP contribution >= 0.6 is 0 Å². The van der Waals surface area contributed by atoms with Crippen LogP contribution in [0, 0.1) is 17.0 Å². The molecule has 41 heavy (non-hydrogen) atoms. The molecule has 2 heterocycles. The van der Waals surface area contributed by atoms with Crippen LogP contribution in [0.5, 0.6) is 29.0 Å². The van der Waals surface area contributed by atoms with Crippen molar-refractivity contribution < 1.29 is 33.3 Å². The number of carbonyl (C=O) groups is 1. The zero-order valence-corrected chi connectivity index (χ0v) is 21.8. The number of rotatable bonds is 8. The molecule has 0 aliphatic carbocycles. The van der Waals surface area contributed by atoms with Crippen LogP contribution in [0.4, 0.5) is 25.0 Å². The number of phenols is 1. The van der Waals surface area contributed by atoms with E-state index >= 15 is 8.78 Å². The maximum Gasteiger partial charge on any atom is 0.407 e.